The first-order valence-corrected chi connectivity index (χ1v) is 6.61. The lowest BCUT2D eigenvalue weighted by atomic mass is 10.2. The lowest BCUT2D eigenvalue weighted by Crippen LogP contribution is -2.01. The van der Waals surface area contributed by atoms with Gasteiger partial charge in [0.15, 0.2) is 0 Å². The number of allylic oxidation sites excluding steroid dienone is 1. The quantitative estimate of drug-likeness (QED) is 0.210. The van der Waals surface area contributed by atoms with Crippen LogP contribution >= 0.6 is 0 Å². The Morgan fingerprint density at radius 3 is 2.71 bits per heavy atom. The molecule has 0 aliphatic carbocycles. The predicted octanol–water partition coefficient (Wildman–Crippen LogP) is 3.86. The topological polar surface area (TPSA) is 26.3 Å². The van der Waals surface area contributed by atoms with Crippen molar-refractivity contribution >= 4 is 5.97 Å². The van der Waals surface area contributed by atoms with Gasteiger partial charge in [-0.1, -0.05) is 51.2 Å². The number of hydrogen-bond donors (Lipinski definition) is 0. The number of ether oxygens (including phenoxy) is 1. The van der Waals surface area contributed by atoms with Crippen molar-refractivity contribution in [2.45, 2.75) is 58.8 Å². The predicted molar refractivity (Wildman–Crippen MR) is 71.5 cm³/mol. The number of carbonyl (C=O) groups is 1. The molecule has 0 amide bonds. The monoisotopic (exact) mass is 236 g/mol. The number of carbonyl (C=O) groups excluding carboxylic acids is 1. The van der Waals surface area contributed by atoms with Crippen molar-refractivity contribution < 1.29 is 9.53 Å². The summed E-state index contributed by atoms with van der Waals surface area (Å²) >= 11 is 0. The van der Waals surface area contributed by atoms with E-state index in [4.69, 9.17) is 4.74 Å². The average molecular weight is 236 g/mol. The summed E-state index contributed by atoms with van der Waals surface area (Å²) in [6, 6.07) is 0. The SMILES string of the molecule is CC/C=C/CCOC(=O)C#CCCCCCC. The third-order valence-corrected chi connectivity index (χ3v) is 2.27. The van der Waals surface area contributed by atoms with Crippen LogP contribution in [-0.2, 0) is 9.53 Å². The molecule has 0 unspecified atom stereocenters. The summed E-state index contributed by atoms with van der Waals surface area (Å²) in [5.74, 6) is 4.97. The fraction of sp³-hybridized carbons (Fsp3) is 0.667. The van der Waals surface area contributed by atoms with E-state index >= 15 is 0 Å². The maximum atomic E-state index is 11.1. The van der Waals surface area contributed by atoms with Crippen molar-refractivity contribution in [3.8, 4) is 11.8 Å². The molecular formula is C15H24O2. The first-order chi connectivity index (χ1) is 8.31. The molecule has 0 spiro atoms. The highest BCUT2D eigenvalue weighted by molar-refractivity contribution is 5.88. The molecule has 2 nitrogen and oxygen atoms in total. The number of unbranched alkanes of at least 4 members (excludes halogenated alkanes) is 4. The minimum Gasteiger partial charge on any atom is -0.456 e. The van der Waals surface area contributed by atoms with E-state index in [2.05, 4.69) is 31.8 Å². The van der Waals surface area contributed by atoms with Crippen LogP contribution < -0.4 is 0 Å². The fourth-order valence-electron chi connectivity index (χ4n) is 1.32. The Balaban J connectivity index is 3.44. The van der Waals surface area contributed by atoms with Crippen molar-refractivity contribution in [3.63, 3.8) is 0 Å². The van der Waals surface area contributed by atoms with Crippen LogP contribution in [0.15, 0.2) is 12.2 Å². The van der Waals surface area contributed by atoms with Gasteiger partial charge in [0.1, 0.15) is 0 Å². The smallest absolute Gasteiger partial charge is 0.384 e. The molecule has 0 aliphatic heterocycles. The second-order valence-corrected chi connectivity index (χ2v) is 3.92. The van der Waals surface area contributed by atoms with Crippen LogP contribution in [0.5, 0.6) is 0 Å². The summed E-state index contributed by atoms with van der Waals surface area (Å²) in [6.07, 6.45) is 11.4. The molecule has 0 atom stereocenters. The molecule has 0 aromatic rings. The van der Waals surface area contributed by atoms with Gasteiger partial charge in [0.25, 0.3) is 0 Å². The van der Waals surface area contributed by atoms with Crippen LogP contribution in [0.3, 0.4) is 0 Å². The lowest BCUT2D eigenvalue weighted by Gasteiger charge is -1.96. The highest BCUT2D eigenvalue weighted by Gasteiger charge is 1.94. The van der Waals surface area contributed by atoms with Crippen LogP contribution in [0.25, 0.3) is 0 Å². The summed E-state index contributed by atoms with van der Waals surface area (Å²) in [5, 5.41) is 0. The molecule has 96 valence electrons. The molecule has 0 aromatic heterocycles. The van der Waals surface area contributed by atoms with Gasteiger partial charge in [-0.05, 0) is 19.3 Å². The van der Waals surface area contributed by atoms with E-state index in [1.807, 2.05) is 6.08 Å². The van der Waals surface area contributed by atoms with Crippen molar-refractivity contribution in [2.24, 2.45) is 0 Å². The van der Waals surface area contributed by atoms with E-state index in [-0.39, 0.29) is 0 Å². The van der Waals surface area contributed by atoms with Crippen molar-refractivity contribution in [1.29, 1.82) is 0 Å². The average Bonchev–Trinajstić information content (AvgIpc) is 2.33. The molecular weight excluding hydrogens is 212 g/mol. The van der Waals surface area contributed by atoms with E-state index < -0.39 is 5.97 Å². The van der Waals surface area contributed by atoms with Crippen LogP contribution in [-0.4, -0.2) is 12.6 Å². The molecule has 0 heterocycles. The second kappa shape index (κ2) is 12.8. The minimum atomic E-state index is -0.398. The van der Waals surface area contributed by atoms with Gasteiger partial charge in [-0.2, -0.15) is 0 Å². The zero-order chi connectivity index (χ0) is 12.8. The molecule has 0 aliphatic rings. The zero-order valence-corrected chi connectivity index (χ0v) is 11.1. The molecule has 0 saturated heterocycles. The Kier molecular flexibility index (Phi) is 11.9. The van der Waals surface area contributed by atoms with Crippen LogP contribution in [0.1, 0.15) is 58.8 Å². The van der Waals surface area contributed by atoms with Gasteiger partial charge in [0, 0.05) is 12.3 Å². The van der Waals surface area contributed by atoms with Crippen LogP contribution in [0.4, 0.5) is 0 Å². The normalized spacial score (nSPS) is 10.0. The van der Waals surface area contributed by atoms with Crippen molar-refractivity contribution in [3.05, 3.63) is 12.2 Å². The van der Waals surface area contributed by atoms with Gasteiger partial charge in [-0.25, -0.2) is 4.79 Å². The van der Waals surface area contributed by atoms with E-state index in [1.165, 1.54) is 19.3 Å². The van der Waals surface area contributed by atoms with Gasteiger partial charge in [-0.15, -0.1) is 0 Å². The summed E-state index contributed by atoms with van der Waals surface area (Å²) in [4.78, 5) is 11.1. The molecule has 0 bridgehead atoms. The van der Waals surface area contributed by atoms with Gasteiger partial charge in [-0.3, -0.25) is 0 Å². The number of esters is 1. The van der Waals surface area contributed by atoms with Gasteiger partial charge in [0.2, 0.25) is 0 Å². The molecule has 0 saturated carbocycles. The highest BCUT2D eigenvalue weighted by Crippen LogP contribution is 2.00. The van der Waals surface area contributed by atoms with Crippen molar-refractivity contribution in [1.82, 2.24) is 0 Å². The molecule has 0 rings (SSSR count). The Labute approximate surface area is 105 Å². The van der Waals surface area contributed by atoms with Crippen molar-refractivity contribution in [2.75, 3.05) is 6.61 Å². The van der Waals surface area contributed by atoms with E-state index in [1.54, 1.807) is 0 Å². The number of rotatable bonds is 8. The second-order valence-electron chi connectivity index (χ2n) is 3.92. The summed E-state index contributed by atoms with van der Waals surface area (Å²) in [6.45, 7) is 4.68. The van der Waals surface area contributed by atoms with Crippen LogP contribution in [0.2, 0.25) is 0 Å². The zero-order valence-electron chi connectivity index (χ0n) is 11.1. The Hall–Kier alpha value is -1.23. The third-order valence-electron chi connectivity index (χ3n) is 2.27. The molecule has 0 N–H and O–H groups in total. The molecule has 0 fully saturated rings. The summed E-state index contributed by atoms with van der Waals surface area (Å²) < 4.78 is 4.95. The molecule has 0 aromatic carbocycles. The first-order valence-electron chi connectivity index (χ1n) is 6.61. The summed E-state index contributed by atoms with van der Waals surface area (Å²) in [7, 11) is 0. The first kappa shape index (κ1) is 15.8. The lowest BCUT2D eigenvalue weighted by molar-refractivity contribution is -0.136. The number of hydrogen-bond acceptors (Lipinski definition) is 2. The standard InChI is InChI=1S/C15H24O2/c1-3-5-7-9-10-11-13-15(16)17-14-12-8-6-4-2/h6,8H,3-5,7,9-10,12,14H2,1-2H3/b8-6+. The van der Waals surface area contributed by atoms with Gasteiger partial charge < -0.3 is 4.74 Å². The van der Waals surface area contributed by atoms with Crippen LogP contribution in [0, 0.1) is 11.8 Å². The molecule has 2 heteroatoms. The van der Waals surface area contributed by atoms with E-state index in [0.717, 1.165) is 25.7 Å². The maximum absolute atomic E-state index is 11.1. The fourth-order valence-corrected chi connectivity index (χ4v) is 1.32. The molecule has 17 heavy (non-hydrogen) atoms. The van der Waals surface area contributed by atoms with E-state index in [9.17, 15) is 4.79 Å². The minimum absolute atomic E-state index is 0.398. The van der Waals surface area contributed by atoms with E-state index in [0.29, 0.717) is 6.61 Å². The Bertz CT molecular complexity index is 268. The summed E-state index contributed by atoms with van der Waals surface area (Å²) in [5.41, 5.74) is 0. The maximum Gasteiger partial charge on any atom is 0.384 e. The Morgan fingerprint density at radius 1 is 1.18 bits per heavy atom. The molecule has 0 radical (unpaired) electrons. The largest absolute Gasteiger partial charge is 0.456 e. The third kappa shape index (κ3) is 12.7. The van der Waals surface area contributed by atoms with Gasteiger partial charge in [0.05, 0.1) is 6.61 Å². The Morgan fingerprint density at radius 2 is 2.00 bits per heavy atom. The van der Waals surface area contributed by atoms with Gasteiger partial charge >= 0.3 is 5.97 Å². The highest BCUT2D eigenvalue weighted by atomic mass is 16.5.